The van der Waals surface area contributed by atoms with Gasteiger partial charge in [0.05, 0.1) is 11.7 Å². The van der Waals surface area contributed by atoms with Gasteiger partial charge in [-0.15, -0.1) is 0 Å². The number of carbonyl (C=O) groups is 1. The highest BCUT2D eigenvalue weighted by Gasteiger charge is 2.40. The van der Waals surface area contributed by atoms with Crippen LogP contribution < -0.4 is 21.5 Å². The summed E-state index contributed by atoms with van der Waals surface area (Å²) in [6.07, 6.45) is 3.02. The Bertz CT molecular complexity index is 1300. The normalized spacial score (nSPS) is 16.9. The van der Waals surface area contributed by atoms with Crippen LogP contribution in [0.5, 0.6) is 5.75 Å². The second kappa shape index (κ2) is 8.06. The van der Waals surface area contributed by atoms with Crippen molar-refractivity contribution in [3.63, 3.8) is 0 Å². The quantitative estimate of drug-likeness (QED) is 0.487. The first-order valence-electron chi connectivity index (χ1n) is 10.9. The highest BCUT2D eigenvalue weighted by atomic mass is 16.3. The molecule has 0 saturated heterocycles. The fraction of sp³-hybridized carbons (Fsp3) is 0.417. The maximum absolute atomic E-state index is 12.5. The van der Waals surface area contributed by atoms with Crippen molar-refractivity contribution in [1.29, 1.82) is 0 Å². The fourth-order valence-electron chi connectivity index (χ4n) is 4.26. The van der Waals surface area contributed by atoms with Crippen LogP contribution in [0, 0.1) is 12.3 Å². The molecule has 1 aliphatic rings. The zero-order chi connectivity index (χ0) is 24.1. The average molecular weight is 453 g/mol. The lowest BCUT2D eigenvalue weighted by Crippen LogP contribution is -2.41. The van der Waals surface area contributed by atoms with Gasteiger partial charge < -0.3 is 25.1 Å². The zero-order valence-electron chi connectivity index (χ0n) is 19.4. The first kappa shape index (κ1) is 22.6. The van der Waals surface area contributed by atoms with E-state index in [1.54, 1.807) is 14.0 Å². The van der Waals surface area contributed by atoms with Crippen molar-refractivity contribution >= 4 is 23.0 Å². The molecule has 9 heteroatoms. The van der Waals surface area contributed by atoms with Crippen LogP contribution in [0.3, 0.4) is 0 Å². The van der Waals surface area contributed by atoms with Crippen LogP contribution in [0.2, 0.25) is 0 Å². The number of fused-ring (bicyclic) bond motifs is 1. The molecule has 3 aromatic rings. The van der Waals surface area contributed by atoms with E-state index in [0.29, 0.717) is 6.54 Å². The number of nitrogens with zero attached hydrogens (tertiary/aromatic N) is 2. The highest BCUT2D eigenvalue weighted by Crippen LogP contribution is 2.46. The number of anilines is 3. The summed E-state index contributed by atoms with van der Waals surface area (Å²) in [7, 11) is 1.60. The molecule has 4 rings (SSSR count). The summed E-state index contributed by atoms with van der Waals surface area (Å²) in [5.74, 6) is 0.845. The predicted octanol–water partition coefficient (Wildman–Crippen LogP) is 3.25. The maximum Gasteiger partial charge on any atom is 0.276 e. The van der Waals surface area contributed by atoms with Gasteiger partial charge in [-0.25, -0.2) is 4.98 Å². The Hall–Kier alpha value is -3.62. The number of carbonyl (C=O) groups excluding carboxylic acids is 1. The van der Waals surface area contributed by atoms with Gasteiger partial charge in [0.2, 0.25) is 0 Å². The lowest BCUT2D eigenvalue weighted by atomic mass is 9.72. The molecule has 33 heavy (non-hydrogen) atoms. The number of rotatable bonds is 6. The monoisotopic (exact) mass is 452 g/mol. The van der Waals surface area contributed by atoms with Crippen molar-refractivity contribution in [2.75, 3.05) is 24.2 Å². The number of pyridine rings is 1. The van der Waals surface area contributed by atoms with Crippen LogP contribution in [0.25, 0.3) is 0 Å². The van der Waals surface area contributed by atoms with Crippen molar-refractivity contribution in [3.05, 3.63) is 61.6 Å². The van der Waals surface area contributed by atoms with Crippen LogP contribution in [-0.4, -0.2) is 34.5 Å². The second-order valence-corrected chi connectivity index (χ2v) is 9.21. The van der Waals surface area contributed by atoms with Crippen LogP contribution in [0.1, 0.15) is 60.8 Å². The summed E-state index contributed by atoms with van der Waals surface area (Å²) in [4.78, 5) is 42.8. The predicted molar refractivity (Wildman–Crippen MR) is 125 cm³/mol. The van der Waals surface area contributed by atoms with E-state index < -0.39 is 16.8 Å². The number of aromatic hydroxyl groups is 1. The molecule has 1 aromatic carbocycles. The summed E-state index contributed by atoms with van der Waals surface area (Å²) < 4.78 is 5.81. The fourth-order valence-corrected chi connectivity index (χ4v) is 4.26. The van der Waals surface area contributed by atoms with E-state index in [9.17, 15) is 19.5 Å². The molecule has 0 spiro atoms. The van der Waals surface area contributed by atoms with Crippen LogP contribution in [-0.2, 0) is 6.42 Å². The first-order valence-corrected chi connectivity index (χ1v) is 10.9. The summed E-state index contributed by atoms with van der Waals surface area (Å²) in [6.45, 7) is 8.33. The molecule has 0 fully saturated rings. The second-order valence-electron chi connectivity index (χ2n) is 9.21. The third-order valence-electron chi connectivity index (χ3n) is 6.46. The van der Waals surface area contributed by atoms with E-state index in [-0.39, 0.29) is 40.0 Å². The lowest BCUT2D eigenvalue weighted by molar-refractivity contribution is 0.0793. The topological polar surface area (TPSA) is 125 Å². The molecule has 0 aliphatic heterocycles. The number of aryl methyl sites for hydroxylation is 2. The molecule has 0 saturated carbocycles. The van der Waals surface area contributed by atoms with E-state index in [0.717, 1.165) is 29.9 Å². The minimum absolute atomic E-state index is 0.0480. The van der Waals surface area contributed by atoms with Gasteiger partial charge >= 0.3 is 0 Å². The molecule has 1 aliphatic carbocycles. The number of furan rings is 1. The molecule has 1 atom stereocenters. The minimum Gasteiger partial charge on any atom is -0.504 e. The lowest BCUT2D eigenvalue weighted by Gasteiger charge is -2.39. The third kappa shape index (κ3) is 3.77. The smallest absolute Gasteiger partial charge is 0.276 e. The molecular formula is C24H28N4O5. The Morgan fingerprint density at radius 2 is 2.00 bits per heavy atom. The number of hydrogen-bond acceptors (Lipinski definition) is 8. The number of amides is 1. The maximum atomic E-state index is 12.5. The van der Waals surface area contributed by atoms with Gasteiger partial charge in [-0.1, -0.05) is 13.8 Å². The Morgan fingerprint density at radius 3 is 2.70 bits per heavy atom. The number of nitrogens with one attached hydrogen (secondary N) is 2. The minimum atomic E-state index is -0.690. The van der Waals surface area contributed by atoms with Crippen molar-refractivity contribution in [1.82, 2.24) is 9.88 Å². The van der Waals surface area contributed by atoms with Crippen LogP contribution in [0.15, 0.2) is 32.3 Å². The van der Waals surface area contributed by atoms with Gasteiger partial charge in [-0.05, 0) is 37.8 Å². The SMILES string of the molecule is CCN(C)C(=O)c1nccc(Nc2c(N[C@@H]3c4cc(C)oc4CCC3(C)C)c(=O)c2=O)c1O. The zero-order valence-corrected chi connectivity index (χ0v) is 19.4. The van der Waals surface area contributed by atoms with Crippen molar-refractivity contribution in [2.45, 2.75) is 46.6 Å². The van der Waals surface area contributed by atoms with Gasteiger partial charge in [0, 0.05) is 31.8 Å². The average Bonchev–Trinajstić information content (AvgIpc) is 3.17. The summed E-state index contributed by atoms with van der Waals surface area (Å²) in [6, 6.07) is 3.17. The van der Waals surface area contributed by atoms with Crippen molar-refractivity contribution in [3.8, 4) is 5.75 Å². The molecule has 174 valence electrons. The van der Waals surface area contributed by atoms with Crippen molar-refractivity contribution in [2.24, 2.45) is 5.41 Å². The third-order valence-corrected chi connectivity index (χ3v) is 6.46. The largest absolute Gasteiger partial charge is 0.504 e. The molecule has 9 nitrogen and oxygen atoms in total. The molecule has 3 N–H and O–H groups in total. The van der Waals surface area contributed by atoms with Gasteiger partial charge in [-0.3, -0.25) is 14.4 Å². The van der Waals surface area contributed by atoms with E-state index >= 15 is 0 Å². The Balaban J connectivity index is 1.67. The Morgan fingerprint density at radius 1 is 1.30 bits per heavy atom. The first-order chi connectivity index (χ1) is 15.5. The summed E-state index contributed by atoms with van der Waals surface area (Å²) >= 11 is 0. The van der Waals surface area contributed by atoms with Gasteiger partial charge in [0.25, 0.3) is 16.8 Å². The number of aromatic nitrogens is 1. The van der Waals surface area contributed by atoms with E-state index in [2.05, 4.69) is 29.5 Å². The molecule has 0 radical (unpaired) electrons. The molecule has 1 amide bonds. The number of hydrogen-bond donors (Lipinski definition) is 3. The molecule has 2 aromatic heterocycles. The van der Waals surface area contributed by atoms with E-state index in [4.69, 9.17) is 4.42 Å². The van der Waals surface area contributed by atoms with Crippen LogP contribution >= 0.6 is 0 Å². The van der Waals surface area contributed by atoms with Crippen LogP contribution in [0.4, 0.5) is 17.1 Å². The highest BCUT2D eigenvalue weighted by molar-refractivity contribution is 5.97. The van der Waals surface area contributed by atoms with Gasteiger partial charge in [0.1, 0.15) is 22.9 Å². The Labute approximate surface area is 191 Å². The molecule has 2 heterocycles. The molecule has 0 bridgehead atoms. The van der Waals surface area contributed by atoms with E-state index in [1.807, 2.05) is 13.0 Å². The van der Waals surface area contributed by atoms with E-state index in [1.165, 1.54) is 17.2 Å². The van der Waals surface area contributed by atoms with Gasteiger partial charge in [0.15, 0.2) is 11.4 Å². The summed E-state index contributed by atoms with van der Waals surface area (Å²) in [5.41, 5.74) is -0.346. The molecular weight excluding hydrogens is 424 g/mol. The Kier molecular flexibility index (Phi) is 5.51. The molecule has 0 unspecified atom stereocenters. The summed E-state index contributed by atoms with van der Waals surface area (Å²) in [5, 5.41) is 16.7. The standard InChI is InChI=1S/C24H28N4O5/c1-6-28(5)23(32)18-19(29)14(8-10-25-18)26-16-17(21(31)20(16)30)27-22-13-11-12(2)33-15(13)7-9-24(22,3)4/h8,10-11,22,27,29H,6-7,9H2,1-5H3,(H,25,26)/t22-/m1/s1. The van der Waals surface area contributed by atoms with Crippen molar-refractivity contribution < 1.29 is 14.3 Å². The van der Waals surface area contributed by atoms with Gasteiger partial charge in [-0.2, -0.15) is 0 Å².